The molecule has 0 saturated carbocycles. The number of methoxy groups -OCH3 is 1. The van der Waals surface area contributed by atoms with Gasteiger partial charge in [-0.3, -0.25) is 9.78 Å². The molecule has 3 rings (SSSR count). The standard InChI is InChI=1S/C28H36N2O2/c1-4-5-11-26-23(12-13-24-19-25(32-3)15-16-27(24)26)14-17-28(31)30-21(2)8-6-9-22-10-7-18-29-20-22/h7,10,14-21H,4-6,8-9,11-13H2,1-3H3,(H,30,31)/t21-/m1/s1. The lowest BCUT2D eigenvalue weighted by atomic mass is 9.83. The number of carbonyl (C=O) groups is 1. The van der Waals surface area contributed by atoms with Crippen molar-refractivity contribution in [1.29, 1.82) is 0 Å². The maximum atomic E-state index is 12.5. The Morgan fingerprint density at radius 3 is 2.84 bits per heavy atom. The number of fused-ring (bicyclic) bond motifs is 1. The Kier molecular flexibility index (Phi) is 9.09. The van der Waals surface area contributed by atoms with Gasteiger partial charge in [0.05, 0.1) is 7.11 Å². The van der Waals surface area contributed by atoms with Gasteiger partial charge in [-0.15, -0.1) is 0 Å². The highest BCUT2D eigenvalue weighted by Gasteiger charge is 2.18. The first kappa shape index (κ1) is 23.8. The van der Waals surface area contributed by atoms with Gasteiger partial charge in [0.15, 0.2) is 0 Å². The number of allylic oxidation sites excluding steroid dienone is 3. The summed E-state index contributed by atoms with van der Waals surface area (Å²) in [4.78, 5) is 16.7. The molecule has 32 heavy (non-hydrogen) atoms. The van der Waals surface area contributed by atoms with Crippen molar-refractivity contribution in [2.45, 2.75) is 71.3 Å². The molecule has 0 fully saturated rings. The van der Waals surface area contributed by atoms with E-state index in [4.69, 9.17) is 4.74 Å². The number of aromatic nitrogens is 1. The predicted molar refractivity (Wildman–Crippen MR) is 132 cm³/mol. The quantitative estimate of drug-likeness (QED) is 0.439. The molecule has 170 valence electrons. The van der Waals surface area contributed by atoms with Crippen LogP contribution in [0, 0.1) is 0 Å². The largest absolute Gasteiger partial charge is 0.497 e. The fraction of sp³-hybridized carbons (Fsp3) is 0.429. The number of unbranched alkanes of at least 4 members (excludes halogenated alkanes) is 1. The summed E-state index contributed by atoms with van der Waals surface area (Å²) in [7, 11) is 1.71. The molecule has 1 aromatic heterocycles. The number of benzene rings is 1. The predicted octanol–water partition coefficient (Wildman–Crippen LogP) is 6.06. The molecule has 1 amide bonds. The van der Waals surface area contributed by atoms with E-state index in [0.29, 0.717) is 0 Å². The van der Waals surface area contributed by atoms with Crippen LogP contribution in [0.15, 0.2) is 60.5 Å². The number of nitrogens with zero attached hydrogens (tertiary/aromatic N) is 1. The van der Waals surface area contributed by atoms with Crippen molar-refractivity contribution in [2.75, 3.05) is 7.11 Å². The fourth-order valence-electron chi connectivity index (χ4n) is 4.32. The van der Waals surface area contributed by atoms with Crippen LogP contribution in [0.4, 0.5) is 0 Å². The maximum absolute atomic E-state index is 12.5. The number of hydrogen-bond donors (Lipinski definition) is 1. The van der Waals surface area contributed by atoms with Crippen molar-refractivity contribution in [3.63, 3.8) is 0 Å². The lowest BCUT2D eigenvalue weighted by Crippen LogP contribution is -2.31. The molecule has 0 bridgehead atoms. The molecule has 1 heterocycles. The second-order valence-electron chi connectivity index (χ2n) is 8.63. The van der Waals surface area contributed by atoms with Gasteiger partial charge in [0, 0.05) is 24.5 Å². The van der Waals surface area contributed by atoms with Crippen molar-refractivity contribution in [3.8, 4) is 5.75 Å². The molecule has 0 aliphatic heterocycles. The first-order valence-corrected chi connectivity index (χ1v) is 11.9. The Hall–Kier alpha value is -2.88. The SMILES string of the molecule is CCCCC1=C(C=CC(=O)N[C@H](C)CCCc2cccnc2)CCc2cc(OC)ccc21. The molecule has 4 nitrogen and oxygen atoms in total. The van der Waals surface area contributed by atoms with E-state index in [0.717, 1.165) is 57.1 Å². The van der Waals surface area contributed by atoms with Crippen LogP contribution >= 0.6 is 0 Å². The van der Waals surface area contributed by atoms with E-state index < -0.39 is 0 Å². The Labute approximate surface area is 192 Å². The molecule has 1 aliphatic carbocycles. The Morgan fingerprint density at radius 2 is 2.09 bits per heavy atom. The number of carbonyl (C=O) groups excluding carboxylic acids is 1. The van der Waals surface area contributed by atoms with Gasteiger partial charge in [-0.25, -0.2) is 0 Å². The normalized spacial score (nSPS) is 14.3. The van der Waals surface area contributed by atoms with E-state index >= 15 is 0 Å². The van der Waals surface area contributed by atoms with Crippen LogP contribution in [-0.2, 0) is 17.6 Å². The Morgan fingerprint density at radius 1 is 1.22 bits per heavy atom. The number of nitrogens with one attached hydrogen (secondary N) is 1. The van der Waals surface area contributed by atoms with Crippen LogP contribution in [0.2, 0.25) is 0 Å². The minimum Gasteiger partial charge on any atom is -0.497 e. The minimum absolute atomic E-state index is 0.0123. The highest BCUT2D eigenvalue weighted by Crippen LogP contribution is 2.36. The van der Waals surface area contributed by atoms with Crippen LogP contribution in [-0.4, -0.2) is 24.0 Å². The number of pyridine rings is 1. The van der Waals surface area contributed by atoms with Gasteiger partial charge in [0.1, 0.15) is 5.75 Å². The van der Waals surface area contributed by atoms with E-state index in [9.17, 15) is 4.79 Å². The fourth-order valence-corrected chi connectivity index (χ4v) is 4.32. The van der Waals surface area contributed by atoms with Crippen molar-refractivity contribution in [3.05, 3.63) is 77.1 Å². The van der Waals surface area contributed by atoms with E-state index in [1.54, 1.807) is 19.4 Å². The average Bonchev–Trinajstić information content (AvgIpc) is 2.81. The van der Waals surface area contributed by atoms with Gasteiger partial charge in [0.2, 0.25) is 5.91 Å². The van der Waals surface area contributed by atoms with Gasteiger partial charge in [-0.05, 0) is 97.9 Å². The number of hydrogen-bond acceptors (Lipinski definition) is 3. The second kappa shape index (κ2) is 12.2. The zero-order valence-corrected chi connectivity index (χ0v) is 19.7. The lowest BCUT2D eigenvalue weighted by Gasteiger charge is -2.23. The molecule has 1 aliphatic rings. The third kappa shape index (κ3) is 6.81. The summed E-state index contributed by atoms with van der Waals surface area (Å²) in [6.45, 7) is 4.29. The van der Waals surface area contributed by atoms with Gasteiger partial charge < -0.3 is 10.1 Å². The molecule has 1 atom stereocenters. The van der Waals surface area contributed by atoms with Crippen molar-refractivity contribution in [2.24, 2.45) is 0 Å². The molecular weight excluding hydrogens is 396 g/mol. The van der Waals surface area contributed by atoms with Crippen LogP contribution in [0.1, 0.15) is 69.1 Å². The third-order valence-electron chi connectivity index (χ3n) is 6.12. The molecule has 0 spiro atoms. The monoisotopic (exact) mass is 432 g/mol. The summed E-state index contributed by atoms with van der Waals surface area (Å²) >= 11 is 0. The molecule has 4 heteroatoms. The zero-order chi connectivity index (χ0) is 22.8. The summed E-state index contributed by atoms with van der Waals surface area (Å²) in [5.41, 5.74) is 6.57. The zero-order valence-electron chi connectivity index (χ0n) is 19.7. The van der Waals surface area contributed by atoms with Crippen molar-refractivity contribution < 1.29 is 9.53 Å². The van der Waals surface area contributed by atoms with Gasteiger partial charge in [-0.1, -0.05) is 31.6 Å². The van der Waals surface area contributed by atoms with Gasteiger partial charge in [0.25, 0.3) is 0 Å². The van der Waals surface area contributed by atoms with Gasteiger partial charge >= 0.3 is 0 Å². The number of ether oxygens (including phenoxy) is 1. The lowest BCUT2D eigenvalue weighted by molar-refractivity contribution is -0.117. The molecule has 0 radical (unpaired) electrons. The molecule has 2 aromatic rings. The summed E-state index contributed by atoms with van der Waals surface area (Å²) in [5, 5.41) is 3.12. The van der Waals surface area contributed by atoms with E-state index in [1.165, 1.54) is 27.8 Å². The molecule has 1 aromatic carbocycles. The Bertz CT molecular complexity index is 947. The Balaban J connectivity index is 1.60. The molecule has 0 saturated heterocycles. The van der Waals surface area contributed by atoms with Crippen molar-refractivity contribution >= 4 is 11.5 Å². The van der Waals surface area contributed by atoms with Crippen LogP contribution in [0.5, 0.6) is 5.75 Å². The first-order valence-electron chi connectivity index (χ1n) is 11.9. The summed E-state index contributed by atoms with van der Waals surface area (Å²) < 4.78 is 5.41. The average molecular weight is 433 g/mol. The summed E-state index contributed by atoms with van der Waals surface area (Å²) in [6, 6.07) is 10.6. The van der Waals surface area contributed by atoms with Crippen LogP contribution < -0.4 is 10.1 Å². The highest BCUT2D eigenvalue weighted by atomic mass is 16.5. The highest BCUT2D eigenvalue weighted by molar-refractivity contribution is 5.89. The van der Waals surface area contributed by atoms with Crippen LogP contribution in [0.3, 0.4) is 0 Å². The van der Waals surface area contributed by atoms with Gasteiger partial charge in [-0.2, -0.15) is 0 Å². The number of rotatable bonds is 11. The first-order chi connectivity index (χ1) is 15.6. The summed E-state index contributed by atoms with van der Waals surface area (Å²) in [5.74, 6) is 0.899. The van der Waals surface area contributed by atoms with E-state index in [2.05, 4.69) is 42.3 Å². The van der Waals surface area contributed by atoms with E-state index in [1.807, 2.05) is 24.4 Å². The molecule has 1 N–H and O–H groups in total. The minimum atomic E-state index is -0.0123. The summed E-state index contributed by atoms with van der Waals surface area (Å²) in [6.07, 6.45) is 15.7. The topological polar surface area (TPSA) is 51.2 Å². The second-order valence-corrected chi connectivity index (χ2v) is 8.63. The smallest absolute Gasteiger partial charge is 0.244 e. The third-order valence-corrected chi connectivity index (χ3v) is 6.12. The number of aryl methyl sites for hydroxylation is 2. The van der Waals surface area contributed by atoms with Crippen LogP contribution in [0.25, 0.3) is 5.57 Å². The van der Waals surface area contributed by atoms with E-state index in [-0.39, 0.29) is 11.9 Å². The number of amides is 1. The van der Waals surface area contributed by atoms with Crippen molar-refractivity contribution in [1.82, 2.24) is 10.3 Å². The maximum Gasteiger partial charge on any atom is 0.244 e. The molecule has 0 unspecified atom stereocenters. The molecular formula is C28H36N2O2.